The SMILES string of the molecule is C[C@@H]1CC(n2c(Cc3ccon3)nc3cnc4ccc(Br)cc4c32)C[C@H](C)O1. The summed E-state index contributed by atoms with van der Waals surface area (Å²) in [4.78, 5) is 9.58. The van der Waals surface area contributed by atoms with Crippen molar-refractivity contribution in [3.05, 3.63) is 52.7 Å². The summed E-state index contributed by atoms with van der Waals surface area (Å²) in [5.74, 6) is 0.990. The molecule has 4 heterocycles. The molecule has 1 unspecified atom stereocenters. The van der Waals surface area contributed by atoms with Crippen LogP contribution >= 0.6 is 15.9 Å². The van der Waals surface area contributed by atoms with Crippen molar-refractivity contribution in [1.29, 1.82) is 0 Å². The number of hydrogen-bond donors (Lipinski definition) is 0. The molecule has 28 heavy (non-hydrogen) atoms. The van der Waals surface area contributed by atoms with Crippen molar-refractivity contribution < 1.29 is 9.26 Å². The Hall–Kier alpha value is -2.25. The largest absolute Gasteiger partial charge is 0.375 e. The van der Waals surface area contributed by atoms with Crippen molar-refractivity contribution in [2.24, 2.45) is 0 Å². The summed E-state index contributed by atoms with van der Waals surface area (Å²) in [5, 5.41) is 5.21. The number of aromatic nitrogens is 4. The molecule has 0 saturated carbocycles. The molecule has 5 rings (SSSR count). The quantitative estimate of drug-likeness (QED) is 0.445. The first-order valence-corrected chi connectivity index (χ1v) is 10.4. The molecule has 3 aromatic heterocycles. The smallest absolute Gasteiger partial charge is 0.124 e. The van der Waals surface area contributed by atoms with Crippen LogP contribution in [-0.2, 0) is 11.2 Å². The second-order valence-electron chi connectivity index (χ2n) is 7.60. The normalized spacial score (nSPS) is 22.9. The molecule has 3 atom stereocenters. The molecule has 1 fully saturated rings. The van der Waals surface area contributed by atoms with Crippen molar-refractivity contribution in [3.63, 3.8) is 0 Å². The molecule has 1 saturated heterocycles. The molecule has 144 valence electrons. The van der Waals surface area contributed by atoms with Crippen molar-refractivity contribution in [2.75, 3.05) is 0 Å². The minimum absolute atomic E-state index is 0.214. The Kier molecular flexibility index (Phi) is 4.44. The van der Waals surface area contributed by atoms with Gasteiger partial charge in [0.05, 0.1) is 41.6 Å². The monoisotopic (exact) mass is 440 g/mol. The fraction of sp³-hybridized carbons (Fsp3) is 0.381. The van der Waals surface area contributed by atoms with Gasteiger partial charge in [0.1, 0.15) is 17.6 Å². The van der Waals surface area contributed by atoms with E-state index in [9.17, 15) is 0 Å². The van der Waals surface area contributed by atoms with Crippen LogP contribution in [0, 0.1) is 0 Å². The van der Waals surface area contributed by atoms with Crippen LogP contribution in [0.2, 0.25) is 0 Å². The molecule has 7 heteroatoms. The van der Waals surface area contributed by atoms with E-state index in [1.165, 1.54) is 0 Å². The Labute approximate surface area is 171 Å². The molecule has 1 aromatic carbocycles. The van der Waals surface area contributed by atoms with E-state index in [-0.39, 0.29) is 12.2 Å². The number of rotatable bonds is 3. The lowest BCUT2D eigenvalue weighted by Gasteiger charge is -2.34. The van der Waals surface area contributed by atoms with Gasteiger partial charge in [-0.05, 0) is 44.9 Å². The molecule has 0 amide bonds. The van der Waals surface area contributed by atoms with Gasteiger partial charge in [-0.2, -0.15) is 0 Å². The van der Waals surface area contributed by atoms with Crippen LogP contribution in [-0.4, -0.2) is 31.9 Å². The third kappa shape index (κ3) is 3.12. The number of benzene rings is 1. The summed E-state index contributed by atoms with van der Waals surface area (Å²) >= 11 is 3.61. The minimum atomic E-state index is 0.214. The van der Waals surface area contributed by atoms with Crippen LogP contribution in [0.15, 0.2) is 45.7 Å². The topological polar surface area (TPSA) is 66.0 Å². The number of hydrogen-bond acceptors (Lipinski definition) is 5. The Morgan fingerprint density at radius 3 is 2.71 bits per heavy atom. The Balaban J connectivity index is 1.76. The highest BCUT2D eigenvalue weighted by Gasteiger charge is 2.29. The van der Waals surface area contributed by atoms with E-state index in [1.807, 2.05) is 24.4 Å². The first-order valence-electron chi connectivity index (χ1n) is 9.58. The van der Waals surface area contributed by atoms with Gasteiger partial charge in [-0.1, -0.05) is 21.1 Å². The number of pyridine rings is 1. The van der Waals surface area contributed by atoms with Crippen LogP contribution in [0.1, 0.15) is 44.2 Å². The standard InChI is InChI=1S/C21H21BrN4O2/c1-12-7-16(8-13(2)28-12)26-20(10-15-5-6-27-25-15)24-19-11-23-18-4-3-14(22)9-17(18)21(19)26/h3-6,9,11-13,16H,7-8,10H2,1-2H3/t12-,13+,16?. The van der Waals surface area contributed by atoms with Crippen molar-refractivity contribution >= 4 is 37.9 Å². The summed E-state index contributed by atoms with van der Waals surface area (Å²) in [5.41, 5.74) is 3.90. The lowest BCUT2D eigenvalue weighted by atomic mass is 9.98. The summed E-state index contributed by atoms with van der Waals surface area (Å²) in [6, 6.07) is 8.41. The zero-order valence-corrected chi connectivity index (χ0v) is 17.4. The van der Waals surface area contributed by atoms with Crippen molar-refractivity contribution in [1.82, 2.24) is 19.7 Å². The maximum Gasteiger partial charge on any atom is 0.124 e. The molecule has 6 nitrogen and oxygen atoms in total. The third-order valence-corrected chi connectivity index (χ3v) is 5.91. The summed E-state index contributed by atoms with van der Waals surface area (Å²) in [6.45, 7) is 4.30. The Morgan fingerprint density at radius 2 is 1.96 bits per heavy atom. The number of imidazole rings is 1. The predicted molar refractivity (Wildman–Crippen MR) is 110 cm³/mol. The zero-order chi connectivity index (χ0) is 19.3. The average molecular weight is 441 g/mol. The van der Waals surface area contributed by atoms with Crippen LogP contribution in [0.4, 0.5) is 0 Å². The molecule has 4 aromatic rings. The highest BCUT2D eigenvalue weighted by Crippen LogP contribution is 2.36. The zero-order valence-electron chi connectivity index (χ0n) is 15.8. The van der Waals surface area contributed by atoms with Gasteiger partial charge in [-0.3, -0.25) is 4.98 Å². The lowest BCUT2D eigenvalue weighted by Crippen LogP contribution is -2.31. The summed E-state index contributed by atoms with van der Waals surface area (Å²) in [7, 11) is 0. The summed E-state index contributed by atoms with van der Waals surface area (Å²) in [6.07, 6.45) is 6.45. The molecule has 0 N–H and O–H groups in total. The van der Waals surface area contributed by atoms with E-state index in [2.05, 4.69) is 50.6 Å². The number of ether oxygens (including phenoxy) is 1. The molecular weight excluding hydrogens is 420 g/mol. The van der Waals surface area contributed by atoms with Gasteiger partial charge in [0.15, 0.2) is 0 Å². The van der Waals surface area contributed by atoms with Gasteiger partial charge in [-0.15, -0.1) is 0 Å². The highest BCUT2D eigenvalue weighted by atomic mass is 79.9. The van der Waals surface area contributed by atoms with E-state index in [1.54, 1.807) is 6.26 Å². The fourth-order valence-corrected chi connectivity index (χ4v) is 4.75. The third-order valence-electron chi connectivity index (χ3n) is 5.42. The van der Waals surface area contributed by atoms with Crippen LogP contribution < -0.4 is 0 Å². The van der Waals surface area contributed by atoms with Gasteiger partial charge in [0.25, 0.3) is 0 Å². The number of fused-ring (bicyclic) bond motifs is 3. The second-order valence-corrected chi connectivity index (χ2v) is 8.52. The van der Waals surface area contributed by atoms with Gasteiger partial charge in [0, 0.05) is 22.0 Å². The first kappa shape index (κ1) is 17.8. The van der Waals surface area contributed by atoms with Crippen LogP contribution in [0.5, 0.6) is 0 Å². The molecule has 0 bridgehead atoms. The highest BCUT2D eigenvalue weighted by molar-refractivity contribution is 9.10. The Bertz CT molecular complexity index is 1130. The number of halogens is 1. The fourth-order valence-electron chi connectivity index (χ4n) is 4.39. The molecule has 1 aliphatic rings. The maximum absolute atomic E-state index is 6.00. The van der Waals surface area contributed by atoms with E-state index >= 15 is 0 Å². The second kappa shape index (κ2) is 6.97. The molecule has 0 spiro atoms. The van der Waals surface area contributed by atoms with Crippen molar-refractivity contribution in [3.8, 4) is 0 Å². The number of nitrogens with zero attached hydrogens (tertiary/aromatic N) is 4. The predicted octanol–water partition coefficient (Wildman–Crippen LogP) is 5.05. The lowest BCUT2D eigenvalue weighted by molar-refractivity contribution is -0.0484. The van der Waals surface area contributed by atoms with E-state index < -0.39 is 0 Å². The molecule has 0 radical (unpaired) electrons. The van der Waals surface area contributed by atoms with E-state index in [4.69, 9.17) is 14.2 Å². The Morgan fingerprint density at radius 1 is 1.14 bits per heavy atom. The minimum Gasteiger partial charge on any atom is -0.375 e. The average Bonchev–Trinajstić information content (AvgIpc) is 3.28. The summed E-state index contributed by atoms with van der Waals surface area (Å²) < 4.78 is 14.5. The van der Waals surface area contributed by atoms with Gasteiger partial charge >= 0.3 is 0 Å². The van der Waals surface area contributed by atoms with Gasteiger partial charge in [0.2, 0.25) is 0 Å². The van der Waals surface area contributed by atoms with Crippen LogP contribution in [0.25, 0.3) is 21.9 Å². The van der Waals surface area contributed by atoms with E-state index in [0.717, 1.165) is 50.8 Å². The molecule has 0 aliphatic carbocycles. The van der Waals surface area contributed by atoms with Crippen molar-refractivity contribution in [2.45, 2.75) is 51.4 Å². The van der Waals surface area contributed by atoms with Gasteiger partial charge in [-0.25, -0.2) is 4.98 Å². The maximum atomic E-state index is 6.00. The molecular formula is C21H21BrN4O2. The van der Waals surface area contributed by atoms with Crippen LogP contribution in [0.3, 0.4) is 0 Å². The molecule has 1 aliphatic heterocycles. The van der Waals surface area contributed by atoms with E-state index in [0.29, 0.717) is 12.5 Å². The first-order chi connectivity index (χ1) is 13.6. The van der Waals surface area contributed by atoms with Gasteiger partial charge < -0.3 is 13.8 Å².